The fraction of sp³-hybridized carbons (Fsp3) is 0.576. The zero-order valence-electron chi connectivity index (χ0n) is 29.7. The van der Waals surface area contributed by atoms with Crippen molar-refractivity contribution < 1.29 is 61.0 Å². The van der Waals surface area contributed by atoms with Gasteiger partial charge in [-0.25, -0.2) is 9.59 Å². The number of methoxy groups -OCH3 is 1. The van der Waals surface area contributed by atoms with E-state index in [0.29, 0.717) is 11.1 Å². The Morgan fingerprint density at radius 3 is 2.51 bits per heavy atom. The van der Waals surface area contributed by atoms with E-state index in [1.165, 1.54) is 36.0 Å². The zero-order chi connectivity index (χ0) is 39.2. The predicted octanol–water partition coefficient (Wildman–Crippen LogP) is 3.05. The first-order chi connectivity index (χ1) is 24.9. The van der Waals surface area contributed by atoms with Gasteiger partial charge in [0.2, 0.25) is 17.7 Å². The molecule has 20 heteroatoms. The van der Waals surface area contributed by atoms with Crippen LogP contribution in [-0.4, -0.2) is 108 Å². The number of halogens is 2. The minimum Gasteiger partial charge on any atom is -0.464 e. The van der Waals surface area contributed by atoms with Crippen LogP contribution in [0.15, 0.2) is 24.3 Å². The molecule has 4 rings (SSSR count). The minimum atomic E-state index is -5.38. The minimum absolute atomic E-state index is 0.000564. The average molecular weight is 788 g/mol. The second kappa shape index (κ2) is 17.3. The van der Waals surface area contributed by atoms with Crippen molar-refractivity contribution in [1.82, 2.24) is 20.4 Å². The van der Waals surface area contributed by atoms with Crippen molar-refractivity contribution in [2.24, 2.45) is 11.7 Å². The van der Waals surface area contributed by atoms with E-state index in [2.05, 4.69) is 15.2 Å². The van der Waals surface area contributed by atoms with Gasteiger partial charge in [-0.3, -0.25) is 23.7 Å². The second-order valence-electron chi connectivity index (χ2n) is 13.2. The highest BCUT2D eigenvalue weighted by Crippen LogP contribution is 2.63. The molecule has 2 saturated heterocycles. The molecule has 1 aromatic heterocycles. The van der Waals surface area contributed by atoms with E-state index in [1.807, 2.05) is 13.8 Å². The van der Waals surface area contributed by atoms with E-state index in [-0.39, 0.29) is 61.6 Å². The number of ether oxygens (including phenoxy) is 2. The lowest BCUT2D eigenvalue weighted by atomic mass is 10.1. The molecule has 2 aromatic rings. The fourth-order valence-corrected chi connectivity index (χ4v) is 8.10. The van der Waals surface area contributed by atoms with Crippen molar-refractivity contribution >= 4 is 64.7 Å². The van der Waals surface area contributed by atoms with Gasteiger partial charge >= 0.3 is 25.3 Å². The van der Waals surface area contributed by atoms with Gasteiger partial charge in [-0.1, -0.05) is 19.9 Å². The molecule has 2 aliphatic rings. The molecule has 2 aliphatic heterocycles. The van der Waals surface area contributed by atoms with Crippen molar-refractivity contribution in [3.8, 4) is 0 Å². The Morgan fingerprint density at radius 2 is 1.87 bits per heavy atom. The molecule has 5 amide bonds. The lowest BCUT2D eigenvalue weighted by molar-refractivity contribution is -0.150. The van der Waals surface area contributed by atoms with Crippen molar-refractivity contribution in [3.63, 3.8) is 0 Å². The molecule has 3 heterocycles. The van der Waals surface area contributed by atoms with Crippen molar-refractivity contribution in [2.45, 2.75) is 82.7 Å². The summed E-state index contributed by atoms with van der Waals surface area (Å²) in [5, 5.41) is 5.39. The second-order valence-corrected chi connectivity index (χ2v) is 16.1. The van der Waals surface area contributed by atoms with Crippen LogP contribution < -0.4 is 16.4 Å². The Bertz CT molecular complexity index is 1780. The Kier molecular flexibility index (Phi) is 13.6. The molecular formula is C33H44F2N5O11PS. The van der Waals surface area contributed by atoms with Gasteiger partial charge in [0.05, 0.1) is 31.7 Å². The number of fused-ring (bicyclic) bond motifs is 2. The number of nitrogens with one attached hydrogen (secondary N) is 2. The normalized spacial score (nSPS) is 20.9. The van der Waals surface area contributed by atoms with Crippen LogP contribution in [0.25, 0.3) is 10.1 Å². The maximum Gasteiger partial charge on any atom is 0.409 e. The standard InChI is InChI=1S/C33H44F2N5O11PS/c1-5-51-52(47,48)33(34,35)20-6-10-25-19(14-20)15-26(53-25)29(43)38-23-16-39(32(46)49-4)13-12-21-7-9-24(40(21)30(23)44)28(42)37-22(8-11-27(36)41)31(45)50-17-18(2)3/h6,10,14-15,18,21-24H,5,7-9,11-13,16-17H2,1-4H3,(H2,36,41)(H,37,42)(H,38,43)(H,47,48)/t21-,22+,23+,24+/m1/s1. The Morgan fingerprint density at radius 1 is 1.15 bits per heavy atom. The number of primary amides is 1. The maximum absolute atomic E-state index is 14.9. The van der Waals surface area contributed by atoms with Gasteiger partial charge in [-0.05, 0) is 62.1 Å². The van der Waals surface area contributed by atoms with Crippen molar-refractivity contribution in [3.05, 3.63) is 34.7 Å². The Hall–Kier alpha value is -4.19. The van der Waals surface area contributed by atoms with E-state index in [1.54, 1.807) is 0 Å². The topological polar surface area (TPSA) is 224 Å². The Balaban J connectivity index is 1.59. The number of hydrogen-bond acceptors (Lipinski definition) is 11. The summed E-state index contributed by atoms with van der Waals surface area (Å²) >= 11 is 0.909. The smallest absolute Gasteiger partial charge is 0.409 e. The molecule has 0 saturated carbocycles. The van der Waals surface area contributed by atoms with Gasteiger partial charge in [-0.2, -0.15) is 8.78 Å². The third kappa shape index (κ3) is 9.68. The van der Waals surface area contributed by atoms with Crippen molar-refractivity contribution in [1.29, 1.82) is 0 Å². The van der Waals surface area contributed by atoms with Gasteiger partial charge < -0.3 is 45.1 Å². The van der Waals surface area contributed by atoms with E-state index >= 15 is 0 Å². The molecule has 16 nitrogen and oxygen atoms in total. The number of amides is 5. The molecule has 0 spiro atoms. The SMILES string of the molecule is CCOP(=O)(O)C(F)(F)c1ccc2sc(C(=O)N[C@H]3CN(C(=O)OC)CC[C@H]4CC[C@@H](C(=O)N[C@@H](CCC(N)=O)C(=O)OCC(C)C)N4C3=O)cc2c1. The third-order valence-electron chi connectivity index (χ3n) is 8.82. The van der Waals surface area contributed by atoms with Crippen LogP contribution in [0, 0.1) is 5.92 Å². The summed E-state index contributed by atoms with van der Waals surface area (Å²) in [4.78, 5) is 91.1. The van der Waals surface area contributed by atoms with Crippen LogP contribution in [0.4, 0.5) is 13.6 Å². The van der Waals surface area contributed by atoms with E-state index in [9.17, 15) is 47.0 Å². The number of alkyl halides is 2. The summed E-state index contributed by atoms with van der Waals surface area (Å²) in [6.07, 6.45) is -0.269. The summed E-state index contributed by atoms with van der Waals surface area (Å²) in [5.74, 6) is -3.62. The summed E-state index contributed by atoms with van der Waals surface area (Å²) in [6.45, 7) is 4.38. The largest absolute Gasteiger partial charge is 0.464 e. The third-order valence-corrected chi connectivity index (χ3v) is 11.5. The molecule has 292 valence electrons. The number of rotatable bonds is 14. The lowest BCUT2D eigenvalue weighted by Gasteiger charge is -2.38. The first-order valence-electron chi connectivity index (χ1n) is 17.0. The highest BCUT2D eigenvalue weighted by Gasteiger charge is 2.52. The molecule has 2 fully saturated rings. The zero-order valence-corrected chi connectivity index (χ0v) is 31.4. The number of thiophene rings is 1. The monoisotopic (exact) mass is 787 g/mol. The van der Waals surface area contributed by atoms with Crippen LogP contribution in [0.2, 0.25) is 0 Å². The predicted molar refractivity (Wildman–Crippen MR) is 187 cm³/mol. The number of nitrogens with two attached hydrogens (primary N) is 1. The van der Waals surface area contributed by atoms with Crippen LogP contribution >= 0.6 is 18.9 Å². The number of carbonyl (C=O) groups is 6. The van der Waals surface area contributed by atoms with Gasteiger partial charge in [0.15, 0.2) is 0 Å². The van der Waals surface area contributed by atoms with Crippen LogP contribution in [-0.2, 0) is 43.4 Å². The summed E-state index contributed by atoms with van der Waals surface area (Å²) in [7, 11) is -4.21. The summed E-state index contributed by atoms with van der Waals surface area (Å²) in [5.41, 5.74) is 0.244. The molecule has 0 aliphatic carbocycles. The molecule has 5 N–H and O–H groups in total. The molecule has 1 aromatic carbocycles. The molecule has 0 radical (unpaired) electrons. The molecular weight excluding hydrogens is 743 g/mol. The fourth-order valence-electron chi connectivity index (χ4n) is 6.18. The first kappa shape index (κ1) is 41.6. The van der Waals surface area contributed by atoms with Crippen LogP contribution in [0.3, 0.4) is 0 Å². The summed E-state index contributed by atoms with van der Waals surface area (Å²) in [6, 6.07) is 0.242. The number of carbonyl (C=O) groups excluding carboxylic acids is 6. The number of esters is 1. The van der Waals surface area contributed by atoms with Gasteiger partial charge in [-0.15, -0.1) is 11.3 Å². The lowest BCUT2D eigenvalue weighted by Crippen LogP contribution is -2.61. The summed E-state index contributed by atoms with van der Waals surface area (Å²) < 4.78 is 57.1. The highest BCUT2D eigenvalue weighted by atomic mass is 32.1. The molecule has 0 bridgehead atoms. The van der Waals surface area contributed by atoms with Gasteiger partial charge in [0, 0.05) is 29.3 Å². The van der Waals surface area contributed by atoms with Gasteiger partial charge in [0.25, 0.3) is 5.91 Å². The maximum atomic E-state index is 14.9. The van der Waals surface area contributed by atoms with Gasteiger partial charge in [0.1, 0.15) is 18.1 Å². The van der Waals surface area contributed by atoms with E-state index in [4.69, 9.17) is 15.2 Å². The van der Waals surface area contributed by atoms with E-state index < -0.39 is 85.3 Å². The molecule has 5 atom stereocenters. The Labute approximate surface area is 308 Å². The van der Waals surface area contributed by atoms with Crippen molar-refractivity contribution in [2.75, 3.05) is 33.4 Å². The van der Waals surface area contributed by atoms with E-state index in [0.717, 1.165) is 23.5 Å². The quantitative estimate of drug-likeness (QED) is 0.161. The number of benzene rings is 1. The molecule has 1 unspecified atom stereocenters. The first-order valence-corrected chi connectivity index (χ1v) is 19.4. The van der Waals surface area contributed by atoms with Crippen LogP contribution in [0.5, 0.6) is 0 Å². The highest BCUT2D eigenvalue weighted by molar-refractivity contribution is 7.53. The average Bonchev–Trinajstić information content (AvgIpc) is 3.73. The number of hydrogen-bond donors (Lipinski definition) is 4. The van der Waals surface area contributed by atoms with Crippen LogP contribution in [0.1, 0.15) is 68.1 Å². The molecule has 53 heavy (non-hydrogen) atoms. The number of nitrogens with zero attached hydrogens (tertiary/aromatic N) is 2.